The van der Waals surface area contributed by atoms with Crippen molar-refractivity contribution in [3.63, 3.8) is 0 Å². The largest absolute Gasteiger partial charge is 0.491 e. The van der Waals surface area contributed by atoms with Crippen LogP contribution in [-0.2, 0) is 9.47 Å². The summed E-state index contributed by atoms with van der Waals surface area (Å²) in [6.07, 6.45) is 0. The second-order valence-electron chi connectivity index (χ2n) is 9.18. The predicted octanol–water partition coefficient (Wildman–Crippen LogP) is 6.46. The van der Waals surface area contributed by atoms with Crippen LogP contribution in [0.4, 0.5) is 0 Å². The van der Waals surface area contributed by atoms with Crippen molar-refractivity contribution in [2.75, 3.05) is 39.6 Å². The normalized spacial score (nSPS) is 18.3. The van der Waals surface area contributed by atoms with Gasteiger partial charge in [-0.15, -0.1) is 0 Å². The summed E-state index contributed by atoms with van der Waals surface area (Å²) in [5.41, 5.74) is 12.4. The Morgan fingerprint density at radius 3 is 1.22 bits per heavy atom. The van der Waals surface area contributed by atoms with Crippen molar-refractivity contribution in [2.24, 2.45) is 0 Å². The van der Waals surface area contributed by atoms with Crippen molar-refractivity contribution in [2.45, 2.75) is 0 Å². The minimum Gasteiger partial charge on any atom is -0.491 e. The SMILES string of the molecule is c1ccc2c(c1)/C1=C3\c4ccccc4-c4ccc(cc43)OCCOCCOCCOc3ccc-2c1c3. The van der Waals surface area contributed by atoms with Crippen LogP contribution in [-0.4, -0.2) is 39.6 Å². The van der Waals surface area contributed by atoms with Crippen LogP contribution >= 0.6 is 0 Å². The van der Waals surface area contributed by atoms with Gasteiger partial charge in [-0.25, -0.2) is 0 Å². The van der Waals surface area contributed by atoms with Crippen molar-refractivity contribution in [3.8, 4) is 33.8 Å². The molecule has 0 aromatic heterocycles. The van der Waals surface area contributed by atoms with Gasteiger partial charge in [0.2, 0.25) is 0 Å². The average Bonchev–Trinajstić information content (AvgIpc) is 3.41. The van der Waals surface area contributed by atoms with Crippen LogP contribution in [0.25, 0.3) is 33.4 Å². The Morgan fingerprint density at radius 2 is 0.750 bits per heavy atom. The van der Waals surface area contributed by atoms with Gasteiger partial charge in [-0.05, 0) is 79.9 Å². The Bertz CT molecular complexity index is 1390. The molecule has 4 heteroatoms. The molecule has 0 spiro atoms. The van der Waals surface area contributed by atoms with E-state index in [2.05, 4.69) is 84.9 Å². The fraction of sp³-hybridized carbons (Fsp3) is 0.188. The van der Waals surface area contributed by atoms with E-state index in [1.54, 1.807) is 0 Å². The van der Waals surface area contributed by atoms with E-state index >= 15 is 0 Å². The van der Waals surface area contributed by atoms with Crippen LogP contribution in [0.5, 0.6) is 11.5 Å². The monoisotopic (exact) mass is 474 g/mol. The van der Waals surface area contributed by atoms with E-state index in [9.17, 15) is 0 Å². The summed E-state index contributed by atoms with van der Waals surface area (Å²) in [6.45, 7) is 3.11. The average molecular weight is 475 g/mol. The molecule has 3 aliphatic rings. The number of rotatable bonds is 0. The van der Waals surface area contributed by atoms with Crippen molar-refractivity contribution in [1.82, 2.24) is 0 Å². The Balaban J connectivity index is 1.48. The van der Waals surface area contributed by atoms with Gasteiger partial charge in [-0.3, -0.25) is 0 Å². The van der Waals surface area contributed by atoms with Gasteiger partial charge < -0.3 is 18.9 Å². The highest BCUT2D eigenvalue weighted by Crippen LogP contribution is 2.55. The first-order valence-electron chi connectivity index (χ1n) is 12.5. The lowest BCUT2D eigenvalue weighted by molar-refractivity contribution is 0.0273. The van der Waals surface area contributed by atoms with Crippen LogP contribution in [0.3, 0.4) is 0 Å². The lowest BCUT2D eigenvalue weighted by Gasteiger charge is -2.14. The van der Waals surface area contributed by atoms with Gasteiger partial charge in [0, 0.05) is 0 Å². The fourth-order valence-corrected chi connectivity index (χ4v) is 5.57. The standard InChI is InChI=1S/C32H26O4/c1-3-7-27-23(5-1)25-11-9-21-19-29(25)31(27)32-28-8-4-2-6-24(28)26-12-10-22(20-30(26)32)36-18-16-34-14-13-33-15-17-35-21/h1-12,19-20H,13-18H2/b32-31-. The zero-order valence-electron chi connectivity index (χ0n) is 20.0. The molecule has 36 heavy (non-hydrogen) atoms. The molecule has 0 radical (unpaired) electrons. The quantitative estimate of drug-likeness (QED) is 0.253. The van der Waals surface area contributed by atoms with E-state index < -0.39 is 0 Å². The summed E-state index contributed by atoms with van der Waals surface area (Å²) >= 11 is 0. The van der Waals surface area contributed by atoms with E-state index in [4.69, 9.17) is 18.9 Å². The predicted molar refractivity (Wildman–Crippen MR) is 141 cm³/mol. The van der Waals surface area contributed by atoms with E-state index in [1.165, 1.54) is 55.7 Å². The molecule has 0 saturated carbocycles. The van der Waals surface area contributed by atoms with Crippen molar-refractivity contribution in [3.05, 3.63) is 107 Å². The molecule has 7 rings (SSSR count). The highest BCUT2D eigenvalue weighted by atomic mass is 16.6. The highest BCUT2D eigenvalue weighted by molar-refractivity contribution is 6.19. The zero-order chi connectivity index (χ0) is 23.9. The Hall–Kier alpha value is -3.86. The Kier molecular flexibility index (Phi) is 5.34. The first-order valence-corrected chi connectivity index (χ1v) is 12.5. The van der Waals surface area contributed by atoms with Crippen molar-refractivity contribution >= 4 is 11.1 Å². The molecule has 0 N–H and O–H groups in total. The molecule has 4 aromatic carbocycles. The molecule has 0 atom stereocenters. The van der Waals surface area contributed by atoms with Gasteiger partial charge in [0.1, 0.15) is 24.7 Å². The first-order chi connectivity index (χ1) is 17.9. The topological polar surface area (TPSA) is 36.9 Å². The number of hydrogen-bond acceptors (Lipinski definition) is 4. The van der Waals surface area contributed by atoms with E-state index in [-0.39, 0.29) is 0 Å². The molecular weight excluding hydrogens is 448 g/mol. The lowest BCUT2D eigenvalue weighted by Crippen LogP contribution is -2.13. The molecule has 178 valence electrons. The van der Waals surface area contributed by atoms with Gasteiger partial charge in [0.15, 0.2) is 0 Å². The minimum absolute atomic E-state index is 0.496. The van der Waals surface area contributed by atoms with Crippen LogP contribution in [0.15, 0.2) is 84.9 Å². The third-order valence-electron chi connectivity index (χ3n) is 7.11. The molecule has 4 nitrogen and oxygen atoms in total. The maximum absolute atomic E-state index is 6.11. The second-order valence-corrected chi connectivity index (χ2v) is 9.18. The third kappa shape index (κ3) is 3.53. The van der Waals surface area contributed by atoms with Crippen LogP contribution in [0.1, 0.15) is 22.3 Å². The lowest BCUT2D eigenvalue weighted by atomic mass is 9.91. The summed E-state index contributed by atoms with van der Waals surface area (Å²) in [5, 5.41) is 0. The van der Waals surface area contributed by atoms with E-state index in [1.807, 2.05) is 0 Å². The number of benzene rings is 4. The molecule has 2 aliphatic carbocycles. The molecule has 0 fully saturated rings. The summed E-state index contributed by atoms with van der Waals surface area (Å²) in [7, 11) is 0. The molecular formula is C32H26O4. The maximum atomic E-state index is 6.11. The van der Waals surface area contributed by atoms with Gasteiger partial charge in [-0.2, -0.15) is 0 Å². The Labute approximate surface area is 210 Å². The Morgan fingerprint density at radius 1 is 0.361 bits per heavy atom. The van der Waals surface area contributed by atoms with Gasteiger partial charge in [-0.1, -0.05) is 60.7 Å². The van der Waals surface area contributed by atoms with Crippen molar-refractivity contribution < 1.29 is 18.9 Å². The number of fused-ring (bicyclic) bond motifs is 8. The van der Waals surface area contributed by atoms with E-state index in [0.717, 1.165) is 11.5 Å². The molecule has 0 unspecified atom stereocenters. The first kappa shape index (κ1) is 21.4. The molecule has 0 amide bonds. The summed E-state index contributed by atoms with van der Waals surface area (Å²) in [6, 6.07) is 30.2. The molecule has 1 heterocycles. The summed E-state index contributed by atoms with van der Waals surface area (Å²) < 4.78 is 23.6. The van der Waals surface area contributed by atoms with Crippen molar-refractivity contribution in [1.29, 1.82) is 0 Å². The molecule has 1 aliphatic heterocycles. The van der Waals surface area contributed by atoms with Crippen LogP contribution in [0, 0.1) is 0 Å². The summed E-state index contributed by atoms with van der Waals surface area (Å²) in [4.78, 5) is 0. The minimum atomic E-state index is 0.496. The molecule has 0 saturated heterocycles. The van der Waals surface area contributed by atoms with E-state index in [0.29, 0.717) is 39.6 Å². The van der Waals surface area contributed by atoms with Gasteiger partial charge >= 0.3 is 0 Å². The van der Waals surface area contributed by atoms with Gasteiger partial charge in [0.05, 0.1) is 26.4 Å². The van der Waals surface area contributed by atoms with Gasteiger partial charge in [0.25, 0.3) is 0 Å². The summed E-state index contributed by atoms with van der Waals surface area (Å²) in [5.74, 6) is 1.70. The number of ether oxygens (including phenoxy) is 4. The zero-order valence-corrected chi connectivity index (χ0v) is 20.0. The third-order valence-corrected chi connectivity index (χ3v) is 7.11. The molecule has 4 aromatic rings. The smallest absolute Gasteiger partial charge is 0.120 e. The van der Waals surface area contributed by atoms with Crippen LogP contribution < -0.4 is 9.47 Å². The fourth-order valence-electron chi connectivity index (χ4n) is 5.57. The number of hydrogen-bond donors (Lipinski definition) is 0. The van der Waals surface area contributed by atoms with Crippen LogP contribution in [0.2, 0.25) is 0 Å². The molecule has 4 bridgehead atoms. The highest BCUT2D eigenvalue weighted by Gasteiger charge is 2.32. The second kappa shape index (κ2) is 8.98. The maximum Gasteiger partial charge on any atom is 0.120 e.